The number of thiophene rings is 1. The van der Waals surface area contributed by atoms with E-state index in [2.05, 4.69) is 27.0 Å². The lowest BCUT2D eigenvalue weighted by Gasteiger charge is -2.22. The highest BCUT2D eigenvalue weighted by molar-refractivity contribution is 7.13. The second kappa shape index (κ2) is 8.44. The van der Waals surface area contributed by atoms with Gasteiger partial charge in [-0.2, -0.15) is 0 Å². The van der Waals surface area contributed by atoms with Gasteiger partial charge >= 0.3 is 0 Å². The molecule has 1 aliphatic heterocycles. The fourth-order valence-corrected chi connectivity index (χ4v) is 3.74. The van der Waals surface area contributed by atoms with Gasteiger partial charge in [-0.3, -0.25) is 4.79 Å². The van der Waals surface area contributed by atoms with E-state index >= 15 is 0 Å². The van der Waals surface area contributed by atoms with Crippen LogP contribution in [0.3, 0.4) is 0 Å². The molecule has 0 aliphatic carbocycles. The van der Waals surface area contributed by atoms with E-state index in [0.29, 0.717) is 11.7 Å². The number of nitrogens with one attached hydrogen (secondary N) is 2. The summed E-state index contributed by atoms with van der Waals surface area (Å²) in [5.74, 6) is -0.233. The molecule has 0 radical (unpaired) electrons. The van der Waals surface area contributed by atoms with Crippen LogP contribution in [-0.4, -0.2) is 34.0 Å². The summed E-state index contributed by atoms with van der Waals surface area (Å²) >= 11 is 1.68. The van der Waals surface area contributed by atoms with E-state index in [1.165, 1.54) is 4.88 Å². The van der Waals surface area contributed by atoms with Gasteiger partial charge in [-0.25, -0.2) is 4.68 Å². The van der Waals surface area contributed by atoms with Crippen LogP contribution in [0.15, 0.2) is 48.0 Å². The monoisotopic (exact) mass is 389 g/mol. The van der Waals surface area contributed by atoms with Gasteiger partial charge in [-0.15, -0.1) is 28.8 Å². The van der Waals surface area contributed by atoms with Gasteiger partial charge in [0.05, 0.1) is 12.2 Å². The molecular formula is C18H20ClN5OS. The molecule has 3 aromatic rings. The molecule has 26 heavy (non-hydrogen) atoms. The van der Waals surface area contributed by atoms with E-state index in [1.807, 2.05) is 40.4 Å². The Hall–Kier alpha value is -2.22. The first-order chi connectivity index (χ1) is 12.3. The van der Waals surface area contributed by atoms with Crippen molar-refractivity contribution in [2.75, 3.05) is 18.4 Å². The van der Waals surface area contributed by atoms with Crippen LogP contribution >= 0.6 is 23.7 Å². The number of anilines is 1. The summed E-state index contributed by atoms with van der Waals surface area (Å²) in [6.45, 7) is 1.95. The molecule has 1 fully saturated rings. The normalized spacial score (nSPS) is 14.6. The number of hydrogen-bond acceptors (Lipinski definition) is 5. The van der Waals surface area contributed by atoms with Crippen molar-refractivity contribution in [2.24, 2.45) is 0 Å². The Morgan fingerprint density at radius 1 is 1.23 bits per heavy atom. The van der Waals surface area contributed by atoms with Crippen molar-refractivity contribution in [1.82, 2.24) is 20.3 Å². The van der Waals surface area contributed by atoms with Gasteiger partial charge in [0.25, 0.3) is 5.91 Å². The van der Waals surface area contributed by atoms with Crippen molar-refractivity contribution in [3.63, 3.8) is 0 Å². The van der Waals surface area contributed by atoms with Gasteiger partial charge in [0.15, 0.2) is 5.69 Å². The van der Waals surface area contributed by atoms with Gasteiger partial charge in [0, 0.05) is 10.6 Å². The minimum atomic E-state index is -0.233. The van der Waals surface area contributed by atoms with Crippen LogP contribution in [0.25, 0.3) is 10.4 Å². The highest BCUT2D eigenvalue weighted by Crippen LogP contribution is 2.27. The Kier molecular flexibility index (Phi) is 6.03. The Bertz CT molecular complexity index is 858. The molecule has 0 atom stereocenters. The summed E-state index contributed by atoms with van der Waals surface area (Å²) in [4.78, 5) is 13.6. The molecule has 3 heterocycles. The van der Waals surface area contributed by atoms with E-state index in [9.17, 15) is 4.79 Å². The summed E-state index contributed by atoms with van der Waals surface area (Å²) in [7, 11) is 0. The zero-order valence-electron chi connectivity index (χ0n) is 14.1. The quantitative estimate of drug-likeness (QED) is 0.715. The lowest BCUT2D eigenvalue weighted by atomic mass is 10.1. The average Bonchev–Trinajstić information content (AvgIpc) is 3.35. The molecule has 0 spiro atoms. The van der Waals surface area contributed by atoms with Crippen molar-refractivity contribution in [3.05, 3.63) is 53.7 Å². The highest BCUT2D eigenvalue weighted by Gasteiger charge is 2.18. The van der Waals surface area contributed by atoms with Gasteiger partial charge in [0.2, 0.25) is 0 Å². The van der Waals surface area contributed by atoms with Crippen LogP contribution in [-0.2, 0) is 0 Å². The number of aromatic nitrogens is 3. The summed E-state index contributed by atoms with van der Waals surface area (Å²) in [6.07, 6.45) is 3.76. The van der Waals surface area contributed by atoms with Gasteiger partial charge < -0.3 is 10.6 Å². The standard InChI is InChI=1S/C18H19N5OS.ClH/c24-18(16-12-23(22-21-16)15-6-8-19-9-7-15)20-14-4-1-3-13(11-14)17-5-2-10-25-17;/h1-5,10-12,15,19H,6-9H2,(H,20,24);1H. The van der Waals surface area contributed by atoms with E-state index in [-0.39, 0.29) is 18.3 Å². The first kappa shape index (κ1) is 18.6. The zero-order chi connectivity index (χ0) is 17.1. The van der Waals surface area contributed by atoms with E-state index in [1.54, 1.807) is 17.5 Å². The Labute approximate surface area is 162 Å². The summed E-state index contributed by atoms with van der Waals surface area (Å²) in [5.41, 5.74) is 2.19. The fourth-order valence-electron chi connectivity index (χ4n) is 3.02. The Morgan fingerprint density at radius 3 is 2.85 bits per heavy atom. The minimum absolute atomic E-state index is 0. The molecule has 4 rings (SSSR count). The number of amides is 1. The molecule has 1 amide bonds. The van der Waals surface area contributed by atoms with Crippen molar-refractivity contribution < 1.29 is 4.79 Å². The summed E-state index contributed by atoms with van der Waals surface area (Å²) in [6, 6.07) is 12.2. The van der Waals surface area contributed by atoms with Crippen LogP contribution < -0.4 is 10.6 Å². The number of nitrogens with zero attached hydrogens (tertiary/aromatic N) is 3. The molecule has 2 N–H and O–H groups in total. The van der Waals surface area contributed by atoms with E-state index < -0.39 is 0 Å². The zero-order valence-corrected chi connectivity index (χ0v) is 15.7. The first-order valence-electron chi connectivity index (χ1n) is 8.37. The second-order valence-electron chi connectivity index (χ2n) is 6.08. The third-order valence-electron chi connectivity index (χ3n) is 4.35. The molecular weight excluding hydrogens is 370 g/mol. The molecule has 1 saturated heterocycles. The Balaban J connectivity index is 0.00000196. The number of carbonyl (C=O) groups excluding carboxylic acids is 1. The first-order valence-corrected chi connectivity index (χ1v) is 9.25. The molecule has 6 nitrogen and oxygen atoms in total. The number of piperidine rings is 1. The maximum Gasteiger partial charge on any atom is 0.277 e. The second-order valence-corrected chi connectivity index (χ2v) is 7.02. The molecule has 0 unspecified atom stereocenters. The smallest absolute Gasteiger partial charge is 0.277 e. The van der Waals surface area contributed by atoms with Gasteiger partial charge in [-0.1, -0.05) is 23.4 Å². The van der Waals surface area contributed by atoms with Crippen LogP contribution in [0, 0.1) is 0 Å². The van der Waals surface area contributed by atoms with Crippen LogP contribution in [0.4, 0.5) is 5.69 Å². The number of carbonyl (C=O) groups is 1. The van der Waals surface area contributed by atoms with Crippen molar-refractivity contribution in [3.8, 4) is 10.4 Å². The molecule has 8 heteroatoms. The van der Waals surface area contributed by atoms with E-state index in [4.69, 9.17) is 0 Å². The molecule has 1 aliphatic rings. The predicted molar refractivity (Wildman–Crippen MR) is 106 cm³/mol. The van der Waals surface area contributed by atoms with Crippen LogP contribution in [0.5, 0.6) is 0 Å². The van der Waals surface area contributed by atoms with Crippen molar-refractivity contribution in [2.45, 2.75) is 18.9 Å². The molecule has 2 aromatic heterocycles. The molecule has 136 valence electrons. The third kappa shape index (κ3) is 4.12. The van der Waals surface area contributed by atoms with Crippen molar-refractivity contribution >= 4 is 35.3 Å². The highest BCUT2D eigenvalue weighted by atomic mass is 35.5. The predicted octanol–water partition coefficient (Wildman–Crippen LogP) is 3.61. The summed E-state index contributed by atoms with van der Waals surface area (Å²) < 4.78 is 1.82. The maximum atomic E-state index is 12.5. The molecule has 0 saturated carbocycles. The number of benzene rings is 1. The number of hydrogen-bond donors (Lipinski definition) is 2. The van der Waals surface area contributed by atoms with Gasteiger partial charge in [0.1, 0.15) is 0 Å². The molecule has 1 aromatic carbocycles. The average molecular weight is 390 g/mol. The fraction of sp³-hybridized carbons (Fsp3) is 0.278. The lowest BCUT2D eigenvalue weighted by Crippen LogP contribution is -2.29. The van der Waals surface area contributed by atoms with Crippen LogP contribution in [0.2, 0.25) is 0 Å². The SMILES string of the molecule is Cl.O=C(Nc1cccc(-c2cccs2)c1)c1cn(C2CCNCC2)nn1. The van der Waals surface area contributed by atoms with Crippen molar-refractivity contribution in [1.29, 1.82) is 0 Å². The number of halogens is 1. The topological polar surface area (TPSA) is 71.8 Å². The largest absolute Gasteiger partial charge is 0.321 e. The number of rotatable bonds is 4. The van der Waals surface area contributed by atoms with Crippen LogP contribution in [0.1, 0.15) is 29.4 Å². The summed E-state index contributed by atoms with van der Waals surface area (Å²) in [5, 5.41) is 16.5. The lowest BCUT2D eigenvalue weighted by molar-refractivity contribution is 0.102. The Morgan fingerprint density at radius 2 is 2.08 bits per heavy atom. The minimum Gasteiger partial charge on any atom is -0.321 e. The van der Waals surface area contributed by atoms with Gasteiger partial charge in [-0.05, 0) is 55.1 Å². The maximum absolute atomic E-state index is 12.5. The molecule has 0 bridgehead atoms. The third-order valence-corrected chi connectivity index (χ3v) is 5.27. The van der Waals surface area contributed by atoms with E-state index in [0.717, 1.165) is 37.2 Å².